The van der Waals surface area contributed by atoms with Crippen LogP contribution in [0.1, 0.15) is 49.9 Å². The van der Waals surface area contributed by atoms with Crippen LogP contribution < -0.4 is 5.32 Å². The first kappa shape index (κ1) is 16.2. The fourth-order valence-electron chi connectivity index (χ4n) is 4.94. The zero-order valence-electron chi connectivity index (χ0n) is 15.0. The van der Waals surface area contributed by atoms with Gasteiger partial charge in [-0.15, -0.1) is 0 Å². The highest BCUT2D eigenvalue weighted by Crippen LogP contribution is 2.54. The standard InChI is InChI=1S/C21H25N3O/c1-3-22-20-23-13-15-9-10-17-14(2)18(25)11-12-21(17,19(15)24-20)16-7-5-4-6-8-16/h4-8,13-14,17H,3,9-12H2,1-2H3,(H,22,23,24)/t14-,17-,21+/m0/s1. The second-order valence-electron chi connectivity index (χ2n) is 7.34. The Morgan fingerprint density at radius 1 is 1.24 bits per heavy atom. The van der Waals surface area contributed by atoms with Crippen LogP contribution >= 0.6 is 0 Å². The molecule has 4 rings (SSSR count). The van der Waals surface area contributed by atoms with Gasteiger partial charge in [0, 0.05) is 30.5 Å². The minimum atomic E-state index is -0.171. The summed E-state index contributed by atoms with van der Waals surface area (Å²) in [6.07, 6.45) is 5.45. The molecule has 4 nitrogen and oxygen atoms in total. The van der Waals surface area contributed by atoms with Gasteiger partial charge in [0.05, 0.1) is 5.69 Å². The van der Waals surface area contributed by atoms with Gasteiger partial charge in [-0.3, -0.25) is 4.79 Å². The maximum absolute atomic E-state index is 12.5. The highest BCUT2D eigenvalue weighted by Gasteiger charge is 2.52. The van der Waals surface area contributed by atoms with E-state index >= 15 is 0 Å². The maximum Gasteiger partial charge on any atom is 0.222 e. The lowest BCUT2D eigenvalue weighted by molar-refractivity contribution is -0.128. The van der Waals surface area contributed by atoms with E-state index in [9.17, 15) is 4.79 Å². The number of anilines is 1. The molecule has 1 saturated carbocycles. The quantitative estimate of drug-likeness (QED) is 0.928. The molecule has 3 atom stereocenters. The van der Waals surface area contributed by atoms with Gasteiger partial charge < -0.3 is 5.32 Å². The molecule has 2 aliphatic rings. The van der Waals surface area contributed by atoms with Crippen LogP contribution in [-0.2, 0) is 16.6 Å². The van der Waals surface area contributed by atoms with E-state index < -0.39 is 0 Å². The number of Topliss-reactive ketones (excluding diaryl/α,β-unsaturated/α-hetero) is 1. The molecule has 130 valence electrons. The van der Waals surface area contributed by atoms with Crippen molar-refractivity contribution in [3.63, 3.8) is 0 Å². The van der Waals surface area contributed by atoms with Crippen molar-refractivity contribution in [1.29, 1.82) is 0 Å². The van der Waals surface area contributed by atoms with E-state index in [1.165, 1.54) is 11.1 Å². The van der Waals surface area contributed by atoms with E-state index in [4.69, 9.17) is 4.98 Å². The fourth-order valence-corrected chi connectivity index (χ4v) is 4.94. The van der Waals surface area contributed by atoms with E-state index in [2.05, 4.69) is 54.5 Å². The summed E-state index contributed by atoms with van der Waals surface area (Å²) in [4.78, 5) is 21.9. The van der Waals surface area contributed by atoms with Crippen LogP contribution in [0.3, 0.4) is 0 Å². The molecule has 1 heterocycles. The van der Waals surface area contributed by atoms with Crippen molar-refractivity contribution in [1.82, 2.24) is 9.97 Å². The smallest absolute Gasteiger partial charge is 0.222 e. The Kier molecular flexibility index (Phi) is 4.06. The molecule has 0 amide bonds. The monoisotopic (exact) mass is 335 g/mol. The zero-order chi connectivity index (χ0) is 17.4. The van der Waals surface area contributed by atoms with Gasteiger partial charge >= 0.3 is 0 Å². The van der Waals surface area contributed by atoms with E-state index in [1.807, 2.05) is 6.20 Å². The van der Waals surface area contributed by atoms with Crippen LogP contribution in [0, 0.1) is 11.8 Å². The summed E-state index contributed by atoms with van der Waals surface area (Å²) < 4.78 is 0. The Morgan fingerprint density at radius 2 is 2.04 bits per heavy atom. The minimum Gasteiger partial charge on any atom is -0.354 e. The van der Waals surface area contributed by atoms with Gasteiger partial charge in [-0.1, -0.05) is 37.3 Å². The number of hydrogen-bond donors (Lipinski definition) is 1. The summed E-state index contributed by atoms with van der Waals surface area (Å²) in [6.45, 7) is 4.97. The third-order valence-corrected chi connectivity index (χ3v) is 6.15. The largest absolute Gasteiger partial charge is 0.354 e. The number of aromatic nitrogens is 2. The third kappa shape index (κ3) is 2.46. The first-order chi connectivity index (χ1) is 12.2. The van der Waals surface area contributed by atoms with Gasteiger partial charge in [0.2, 0.25) is 5.95 Å². The summed E-state index contributed by atoms with van der Waals surface area (Å²) in [7, 11) is 0. The van der Waals surface area contributed by atoms with Crippen molar-refractivity contribution >= 4 is 11.7 Å². The fraction of sp³-hybridized carbons (Fsp3) is 0.476. The number of carbonyl (C=O) groups is 1. The number of nitrogens with zero attached hydrogens (tertiary/aromatic N) is 2. The van der Waals surface area contributed by atoms with Gasteiger partial charge in [-0.25, -0.2) is 9.97 Å². The molecular formula is C21H25N3O. The molecular weight excluding hydrogens is 310 g/mol. The SMILES string of the molecule is CCNc1ncc2c(n1)[C@@]1(c3ccccc3)CCC(=O)[C@@H](C)[C@@H]1CC2. The summed E-state index contributed by atoms with van der Waals surface area (Å²) in [5, 5.41) is 3.25. The second-order valence-corrected chi connectivity index (χ2v) is 7.34. The predicted molar refractivity (Wildman–Crippen MR) is 98.6 cm³/mol. The van der Waals surface area contributed by atoms with Crippen LogP contribution in [0.2, 0.25) is 0 Å². The third-order valence-electron chi connectivity index (χ3n) is 6.15. The lowest BCUT2D eigenvalue weighted by Gasteiger charge is -2.50. The summed E-state index contributed by atoms with van der Waals surface area (Å²) in [6, 6.07) is 10.7. The second kappa shape index (κ2) is 6.25. The molecule has 1 aromatic heterocycles. The van der Waals surface area contributed by atoms with Crippen molar-refractivity contribution in [2.45, 2.75) is 44.9 Å². The zero-order valence-corrected chi connectivity index (χ0v) is 15.0. The van der Waals surface area contributed by atoms with Crippen LogP contribution in [0.5, 0.6) is 0 Å². The van der Waals surface area contributed by atoms with Crippen LogP contribution in [0.15, 0.2) is 36.5 Å². The normalized spacial score (nSPS) is 28.2. The molecule has 2 aliphatic carbocycles. The lowest BCUT2D eigenvalue weighted by atomic mass is 9.53. The summed E-state index contributed by atoms with van der Waals surface area (Å²) in [5.74, 6) is 1.50. The van der Waals surface area contributed by atoms with Crippen LogP contribution in [0.25, 0.3) is 0 Å². The Balaban J connectivity index is 1.94. The van der Waals surface area contributed by atoms with Gasteiger partial charge in [-0.05, 0) is 43.2 Å². The van der Waals surface area contributed by atoms with Gasteiger partial charge in [0.15, 0.2) is 0 Å². The highest BCUT2D eigenvalue weighted by atomic mass is 16.1. The number of aryl methyl sites for hydroxylation is 1. The Morgan fingerprint density at radius 3 is 2.80 bits per heavy atom. The van der Waals surface area contributed by atoms with E-state index in [-0.39, 0.29) is 11.3 Å². The molecule has 0 saturated heterocycles. The van der Waals surface area contributed by atoms with Gasteiger partial charge in [0.1, 0.15) is 5.78 Å². The first-order valence-corrected chi connectivity index (χ1v) is 9.35. The number of nitrogens with one attached hydrogen (secondary N) is 1. The Bertz CT molecular complexity index is 789. The van der Waals surface area contributed by atoms with Crippen molar-refractivity contribution in [3.05, 3.63) is 53.3 Å². The molecule has 25 heavy (non-hydrogen) atoms. The van der Waals surface area contributed by atoms with Crippen LogP contribution in [0.4, 0.5) is 5.95 Å². The molecule has 0 spiro atoms. The topological polar surface area (TPSA) is 54.9 Å². The van der Waals surface area contributed by atoms with Crippen LogP contribution in [-0.4, -0.2) is 22.3 Å². The number of benzene rings is 1. The van der Waals surface area contributed by atoms with Gasteiger partial charge in [-0.2, -0.15) is 0 Å². The predicted octanol–water partition coefficient (Wildman–Crippen LogP) is 3.76. The molecule has 1 fully saturated rings. The van der Waals surface area contributed by atoms with E-state index in [0.717, 1.165) is 31.5 Å². The van der Waals surface area contributed by atoms with Crippen molar-refractivity contribution in [2.24, 2.45) is 11.8 Å². The minimum absolute atomic E-state index is 0.0830. The molecule has 0 unspecified atom stereocenters. The Labute approximate surface area is 149 Å². The first-order valence-electron chi connectivity index (χ1n) is 9.35. The molecule has 0 bridgehead atoms. The molecule has 0 aliphatic heterocycles. The Hall–Kier alpha value is -2.23. The summed E-state index contributed by atoms with van der Waals surface area (Å²) >= 11 is 0. The van der Waals surface area contributed by atoms with Gasteiger partial charge in [0.25, 0.3) is 0 Å². The van der Waals surface area contributed by atoms with E-state index in [0.29, 0.717) is 24.1 Å². The molecule has 2 aromatic rings. The van der Waals surface area contributed by atoms with Crippen molar-refractivity contribution in [2.75, 3.05) is 11.9 Å². The summed E-state index contributed by atoms with van der Waals surface area (Å²) in [5.41, 5.74) is 3.50. The molecule has 1 aromatic carbocycles. The number of carbonyl (C=O) groups excluding carboxylic acids is 1. The molecule has 1 N–H and O–H groups in total. The number of rotatable bonds is 3. The average molecular weight is 335 g/mol. The number of hydrogen-bond acceptors (Lipinski definition) is 4. The lowest BCUT2D eigenvalue weighted by Crippen LogP contribution is -2.50. The number of ketones is 1. The highest BCUT2D eigenvalue weighted by molar-refractivity contribution is 5.83. The van der Waals surface area contributed by atoms with Crippen molar-refractivity contribution < 1.29 is 4.79 Å². The molecule has 0 radical (unpaired) electrons. The van der Waals surface area contributed by atoms with Crippen molar-refractivity contribution in [3.8, 4) is 0 Å². The van der Waals surface area contributed by atoms with E-state index in [1.54, 1.807) is 0 Å². The average Bonchev–Trinajstić information content (AvgIpc) is 2.65. The molecule has 4 heteroatoms. The maximum atomic E-state index is 12.5. The number of fused-ring (bicyclic) bond motifs is 3.